The topological polar surface area (TPSA) is 35.5 Å². The Hall–Kier alpha value is -2.33. The predicted molar refractivity (Wildman–Crippen MR) is 159 cm³/mol. The Morgan fingerprint density at radius 3 is 2.00 bits per heavy atom. The number of benzene rings is 2. The van der Waals surface area contributed by atoms with Gasteiger partial charge in [0.2, 0.25) is 6.29 Å². The third-order valence-electron chi connectivity index (χ3n) is 7.21. The van der Waals surface area contributed by atoms with E-state index in [-0.39, 0.29) is 5.97 Å². The summed E-state index contributed by atoms with van der Waals surface area (Å²) in [6.07, 6.45) is 16.4. The molecule has 0 amide bonds. The van der Waals surface area contributed by atoms with Gasteiger partial charge in [0.1, 0.15) is 12.3 Å². The van der Waals surface area contributed by atoms with Crippen LogP contribution in [0.25, 0.3) is 0 Å². The molecule has 1 unspecified atom stereocenters. The van der Waals surface area contributed by atoms with Crippen LogP contribution < -0.4 is 4.74 Å². The second-order valence-electron chi connectivity index (χ2n) is 11.5. The summed E-state index contributed by atoms with van der Waals surface area (Å²) < 4.78 is 12.5. The van der Waals surface area contributed by atoms with Crippen molar-refractivity contribution >= 4 is 5.97 Å². The van der Waals surface area contributed by atoms with Gasteiger partial charge < -0.3 is 14.0 Å². The van der Waals surface area contributed by atoms with E-state index in [9.17, 15) is 4.79 Å². The van der Waals surface area contributed by atoms with Crippen LogP contribution >= 0.6 is 0 Å². The van der Waals surface area contributed by atoms with Gasteiger partial charge in [-0.1, -0.05) is 120 Å². The maximum atomic E-state index is 12.4. The van der Waals surface area contributed by atoms with Gasteiger partial charge in [-0.15, -0.1) is 0 Å². The predicted octanol–water partition coefficient (Wildman–Crippen LogP) is 8.86. The number of nitrogens with zero attached hydrogens (tertiary/aromatic N) is 1. The summed E-state index contributed by atoms with van der Waals surface area (Å²) in [5.41, 5.74) is 2.51. The Morgan fingerprint density at radius 1 is 0.763 bits per heavy atom. The number of carbonyl (C=O) groups is 1. The highest BCUT2D eigenvalue weighted by molar-refractivity contribution is 5.69. The summed E-state index contributed by atoms with van der Waals surface area (Å²) in [5.74, 6) is 0.639. The number of aryl methyl sites for hydroxylation is 1. The first-order valence-corrected chi connectivity index (χ1v) is 15.2. The van der Waals surface area contributed by atoms with E-state index in [1.54, 1.807) is 0 Å². The highest BCUT2D eigenvalue weighted by atomic mass is 16.7. The van der Waals surface area contributed by atoms with Gasteiger partial charge in [-0.25, -0.2) is 0 Å². The second-order valence-corrected chi connectivity index (χ2v) is 11.5. The minimum Gasteiger partial charge on any atom is -0.455 e. The third kappa shape index (κ3) is 14.6. The monoisotopic (exact) mass is 524 g/mol. The van der Waals surface area contributed by atoms with Crippen LogP contribution in [0.15, 0.2) is 54.6 Å². The maximum Gasteiger partial charge on any atom is 0.309 e. The zero-order valence-corrected chi connectivity index (χ0v) is 24.8. The Labute approximate surface area is 233 Å². The summed E-state index contributed by atoms with van der Waals surface area (Å²) >= 11 is 0. The normalized spacial score (nSPS) is 12.3. The van der Waals surface area contributed by atoms with E-state index in [1.165, 1.54) is 81.8 Å². The number of esters is 1. The molecule has 212 valence electrons. The minimum atomic E-state index is -0.590. The van der Waals surface area contributed by atoms with Crippen molar-refractivity contribution in [1.29, 1.82) is 0 Å². The average Bonchev–Trinajstić information content (AvgIpc) is 2.88. The SMILES string of the molecule is CCCCCCCCCCCCCc1ccccc1OC(C)OC(=O)CCC[N+](C)(C)Cc1ccccc1. The summed E-state index contributed by atoms with van der Waals surface area (Å²) in [6, 6.07) is 18.7. The van der Waals surface area contributed by atoms with Crippen LogP contribution in [-0.4, -0.2) is 37.4 Å². The van der Waals surface area contributed by atoms with Crippen molar-refractivity contribution in [3.05, 3.63) is 65.7 Å². The number of rotatable bonds is 21. The molecule has 0 saturated heterocycles. The second kappa shape index (κ2) is 18.8. The molecule has 0 aromatic heterocycles. The van der Waals surface area contributed by atoms with Gasteiger partial charge >= 0.3 is 5.97 Å². The van der Waals surface area contributed by atoms with Crippen LogP contribution in [0.5, 0.6) is 5.75 Å². The first-order valence-electron chi connectivity index (χ1n) is 15.2. The van der Waals surface area contributed by atoms with E-state index >= 15 is 0 Å². The number of hydrogen-bond donors (Lipinski definition) is 0. The van der Waals surface area contributed by atoms with Crippen molar-refractivity contribution in [3.63, 3.8) is 0 Å². The molecule has 4 heteroatoms. The molecule has 0 bridgehead atoms. The fourth-order valence-electron chi connectivity index (χ4n) is 5.06. The standard InChI is InChI=1S/C34H54NO3/c1-5-6-7-8-9-10-11-12-13-14-18-24-32-25-19-20-26-33(32)37-30(2)38-34(36)27-21-28-35(3,4)29-31-22-16-15-17-23-31/h15-17,19-20,22-23,25-26,30H,5-14,18,21,24,27-29H2,1-4H3/q+1. The molecule has 0 saturated carbocycles. The highest BCUT2D eigenvalue weighted by Gasteiger charge is 2.18. The number of hydrogen-bond acceptors (Lipinski definition) is 3. The van der Waals surface area contributed by atoms with E-state index in [2.05, 4.69) is 57.4 Å². The van der Waals surface area contributed by atoms with Crippen LogP contribution in [0, 0.1) is 0 Å². The molecule has 0 N–H and O–H groups in total. The van der Waals surface area contributed by atoms with E-state index in [4.69, 9.17) is 9.47 Å². The van der Waals surface area contributed by atoms with Crippen molar-refractivity contribution in [3.8, 4) is 5.75 Å². The smallest absolute Gasteiger partial charge is 0.309 e. The molecule has 0 heterocycles. The molecule has 0 aliphatic rings. The van der Waals surface area contributed by atoms with Gasteiger partial charge in [-0.3, -0.25) is 4.79 Å². The quantitative estimate of drug-likeness (QED) is 0.0708. The van der Waals surface area contributed by atoms with Crippen molar-refractivity contribution in [1.82, 2.24) is 0 Å². The number of unbranched alkanes of at least 4 members (excludes halogenated alkanes) is 10. The van der Waals surface area contributed by atoms with Gasteiger partial charge in [-0.05, 0) is 24.5 Å². The Kier molecular flexibility index (Phi) is 15.8. The molecule has 0 aliphatic carbocycles. The summed E-state index contributed by atoms with van der Waals surface area (Å²) in [4.78, 5) is 12.4. The lowest BCUT2D eigenvalue weighted by molar-refractivity contribution is -0.903. The highest BCUT2D eigenvalue weighted by Crippen LogP contribution is 2.23. The van der Waals surface area contributed by atoms with Gasteiger partial charge in [-0.2, -0.15) is 0 Å². The van der Waals surface area contributed by atoms with Gasteiger partial charge in [0.15, 0.2) is 0 Å². The van der Waals surface area contributed by atoms with Crippen LogP contribution in [0.1, 0.15) is 108 Å². The summed E-state index contributed by atoms with van der Waals surface area (Å²) in [7, 11) is 4.41. The Bertz CT molecular complexity index is 880. The fourth-order valence-corrected chi connectivity index (χ4v) is 5.06. The number of ether oxygens (including phenoxy) is 2. The minimum absolute atomic E-state index is 0.194. The van der Waals surface area contributed by atoms with Crippen LogP contribution in [0.2, 0.25) is 0 Å². The first-order chi connectivity index (χ1) is 18.4. The van der Waals surface area contributed by atoms with E-state index in [0.29, 0.717) is 6.42 Å². The van der Waals surface area contributed by atoms with E-state index in [1.807, 2.05) is 25.1 Å². The van der Waals surface area contributed by atoms with Crippen LogP contribution in [0.3, 0.4) is 0 Å². The molecule has 0 fully saturated rings. The maximum absolute atomic E-state index is 12.4. The zero-order valence-electron chi connectivity index (χ0n) is 24.8. The van der Waals surface area contributed by atoms with Crippen molar-refractivity contribution < 1.29 is 18.8 Å². The molecule has 0 spiro atoms. The van der Waals surface area contributed by atoms with Crippen molar-refractivity contribution in [2.75, 3.05) is 20.6 Å². The molecular formula is C34H54NO3+. The molecule has 2 rings (SSSR count). The zero-order chi connectivity index (χ0) is 27.5. The lowest BCUT2D eigenvalue weighted by atomic mass is 10.0. The van der Waals surface area contributed by atoms with Crippen LogP contribution in [0.4, 0.5) is 0 Å². The number of quaternary nitrogens is 1. The van der Waals surface area contributed by atoms with E-state index < -0.39 is 6.29 Å². The average molecular weight is 525 g/mol. The van der Waals surface area contributed by atoms with Gasteiger partial charge in [0.05, 0.1) is 27.1 Å². The molecule has 4 nitrogen and oxygen atoms in total. The molecule has 0 aliphatic heterocycles. The Morgan fingerprint density at radius 2 is 1.34 bits per heavy atom. The van der Waals surface area contributed by atoms with Crippen molar-refractivity contribution in [2.45, 2.75) is 117 Å². The Balaban J connectivity index is 1.61. The first kappa shape index (κ1) is 31.9. The summed E-state index contributed by atoms with van der Waals surface area (Å²) in [6.45, 7) is 5.95. The molecular weight excluding hydrogens is 470 g/mol. The lowest BCUT2D eigenvalue weighted by Gasteiger charge is -2.30. The van der Waals surface area contributed by atoms with E-state index in [0.717, 1.165) is 36.2 Å². The molecule has 0 radical (unpaired) electrons. The molecule has 1 atom stereocenters. The molecule has 2 aromatic carbocycles. The number of para-hydroxylation sites is 1. The lowest BCUT2D eigenvalue weighted by Crippen LogP contribution is -2.39. The van der Waals surface area contributed by atoms with Gasteiger partial charge in [0, 0.05) is 18.9 Å². The third-order valence-corrected chi connectivity index (χ3v) is 7.21. The van der Waals surface area contributed by atoms with Crippen molar-refractivity contribution in [2.24, 2.45) is 0 Å². The molecule has 38 heavy (non-hydrogen) atoms. The number of carbonyl (C=O) groups excluding carboxylic acids is 1. The van der Waals surface area contributed by atoms with Crippen LogP contribution in [-0.2, 0) is 22.5 Å². The van der Waals surface area contributed by atoms with Gasteiger partial charge in [0.25, 0.3) is 0 Å². The molecule has 2 aromatic rings. The largest absolute Gasteiger partial charge is 0.455 e. The fraction of sp³-hybridized carbons (Fsp3) is 0.618. The summed E-state index contributed by atoms with van der Waals surface area (Å²) in [5, 5.41) is 0.